The zero-order valence-corrected chi connectivity index (χ0v) is 13.7. The summed E-state index contributed by atoms with van der Waals surface area (Å²) in [5.41, 5.74) is -0.0216. The minimum absolute atomic E-state index is 0.0631. The zero-order chi connectivity index (χ0) is 15.9. The summed E-state index contributed by atoms with van der Waals surface area (Å²) in [6, 6.07) is 5.59. The second-order valence-electron chi connectivity index (χ2n) is 5.19. The standard InChI is InChI=1S/C14H12BrNO5S/c15-8-1-2-12-10(5-8)11(17)6-13(21-12)14(18)16-9-3-4-22(19,20)7-9/h1-2,5-6,9H,3-4,7H2,(H,16,18). The van der Waals surface area contributed by atoms with Gasteiger partial charge in [0.1, 0.15) is 5.58 Å². The van der Waals surface area contributed by atoms with Crippen LogP contribution >= 0.6 is 15.9 Å². The molecule has 1 amide bonds. The summed E-state index contributed by atoms with van der Waals surface area (Å²) in [4.78, 5) is 24.2. The predicted molar refractivity (Wildman–Crippen MR) is 84.7 cm³/mol. The van der Waals surface area contributed by atoms with Crippen molar-refractivity contribution in [3.63, 3.8) is 0 Å². The molecule has 0 spiro atoms. The van der Waals surface area contributed by atoms with E-state index in [0.717, 1.165) is 10.5 Å². The minimum Gasteiger partial charge on any atom is -0.451 e. The number of fused-ring (bicyclic) bond motifs is 1. The van der Waals surface area contributed by atoms with E-state index in [2.05, 4.69) is 21.2 Å². The molecule has 0 radical (unpaired) electrons. The molecule has 1 fully saturated rings. The Morgan fingerprint density at radius 1 is 1.32 bits per heavy atom. The first kappa shape index (κ1) is 15.2. The fourth-order valence-electron chi connectivity index (χ4n) is 2.41. The van der Waals surface area contributed by atoms with Crippen molar-refractivity contribution in [3.05, 3.63) is 44.7 Å². The number of halogens is 1. The third-order valence-electron chi connectivity index (χ3n) is 3.48. The molecule has 116 valence electrons. The van der Waals surface area contributed by atoms with Gasteiger partial charge in [-0.15, -0.1) is 0 Å². The number of nitrogens with one attached hydrogen (secondary N) is 1. The molecular formula is C14H12BrNO5S. The average molecular weight is 386 g/mol. The van der Waals surface area contributed by atoms with Crippen LogP contribution in [0.25, 0.3) is 11.0 Å². The van der Waals surface area contributed by atoms with Crippen LogP contribution in [-0.2, 0) is 9.84 Å². The Bertz CT molecular complexity index is 918. The first-order valence-corrected chi connectivity index (χ1v) is 9.20. The third kappa shape index (κ3) is 3.07. The molecule has 1 aliphatic heterocycles. The molecular weight excluding hydrogens is 374 g/mol. The van der Waals surface area contributed by atoms with Gasteiger partial charge < -0.3 is 9.73 Å². The Hall–Kier alpha value is -1.67. The van der Waals surface area contributed by atoms with Crippen molar-refractivity contribution in [2.75, 3.05) is 11.5 Å². The molecule has 1 unspecified atom stereocenters. The smallest absolute Gasteiger partial charge is 0.287 e. The molecule has 0 aliphatic carbocycles. The fourth-order valence-corrected chi connectivity index (χ4v) is 4.44. The van der Waals surface area contributed by atoms with E-state index in [-0.39, 0.29) is 22.7 Å². The van der Waals surface area contributed by atoms with E-state index in [1.165, 1.54) is 0 Å². The summed E-state index contributed by atoms with van der Waals surface area (Å²) < 4.78 is 29.0. The van der Waals surface area contributed by atoms with E-state index >= 15 is 0 Å². The number of amides is 1. The fraction of sp³-hybridized carbons (Fsp3) is 0.286. The van der Waals surface area contributed by atoms with Crippen LogP contribution in [-0.4, -0.2) is 31.9 Å². The van der Waals surface area contributed by atoms with Crippen molar-refractivity contribution in [3.8, 4) is 0 Å². The second kappa shape index (κ2) is 5.51. The van der Waals surface area contributed by atoms with Gasteiger partial charge in [-0.05, 0) is 24.6 Å². The lowest BCUT2D eigenvalue weighted by Gasteiger charge is -2.10. The van der Waals surface area contributed by atoms with Gasteiger partial charge in [-0.3, -0.25) is 9.59 Å². The Labute approximate surface area is 134 Å². The zero-order valence-electron chi connectivity index (χ0n) is 11.3. The minimum atomic E-state index is -3.08. The van der Waals surface area contributed by atoms with Crippen molar-refractivity contribution in [1.82, 2.24) is 5.32 Å². The van der Waals surface area contributed by atoms with Gasteiger partial charge >= 0.3 is 0 Å². The lowest BCUT2D eigenvalue weighted by Crippen LogP contribution is -2.35. The normalized spacial score (nSPS) is 20.1. The Morgan fingerprint density at radius 3 is 2.77 bits per heavy atom. The molecule has 1 aromatic carbocycles. The van der Waals surface area contributed by atoms with Crippen LogP contribution in [0.5, 0.6) is 0 Å². The highest BCUT2D eigenvalue weighted by Crippen LogP contribution is 2.18. The molecule has 0 saturated carbocycles. The van der Waals surface area contributed by atoms with E-state index in [9.17, 15) is 18.0 Å². The van der Waals surface area contributed by atoms with E-state index < -0.39 is 21.8 Å². The Kier molecular flexibility index (Phi) is 3.82. The summed E-state index contributed by atoms with van der Waals surface area (Å²) in [6.45, 7) is 0. The van der Waals surface area contributed by atoms with Crippen LogP contribution in [0.1, 0.15) is 17.0 Å². The van der Waals surface area contributed by atoms with Gasteiger partial charge in [-0.1, -0.05) is 15.9 Å². The van der Waals surface area contributed by atoms with Gasteiger partial charge in [0.2, 0.25) is 0 Å². The number of hydrogen-bond acceptors (Lipinski definition) is 5. The monoisotopic (exact) mass is 385 g/mol. The summed E-state index contributed by atoms with van der Waals surface area (Å²) in [5.74, 6) is -0.718. The van der Waals surface area contributed by atoms with Crippen molar-refractivity contribution in [2.45, 2.75) is 12.5 Å². The van der Waals surface area contributed by atoms with Crippen molar-refractivity contribution in [2.24, 2.45) is 0 Å². The maximum Gasteiger partial charge on any atom is 0.287 e. The van der Waals surface area contributed by atoms with Crippen LogP contribution in [0.2, 0.25) is 0 Å². The molecule has 2 aromatic rings. The summed E-state index contributed by atoms with van der Waals surface area (Å²) >= 11 is 3.27. The first-order valence-electron chi connectivity index (χ1n) is 6.59. The van der Waals surface area contributed by atoms with Crippen LogP contribution in [0, 0.1) is 0 Å². The molecule has 2 heterocycles. The van der Waals surface area contributed by atoms with Gasteiger partial charge in [-0.25, -0.2) is 8.42 Å². The van der Waals surface area contributed by atoms with Crippen LogP contribution in [0.15, 0.2) is 37.9 Å². The molecule has 22 heavy (non-hydrogen) atoms. The molecule has 1 N–H and O–H groups in total. The quantitative estimate of drug-likeness (QED) is 0.844. The van der Waals surface area contributed by atoms with Crippen LogP contribution in [0.4, 0.5) is 0 Å². The predicted octanol–water partition coefficient (Wildman–Crippen LogP) is 1.47. The Balaban J connectivity index is 1.89. The maximum atomic E-state index is 12.1. The topological polar surface area (TPSA) is 93.5 Å². The van der Waals surface area contributed by atoms with Gasteiger partial charge in [0.25, 0.3) is 5.91 Å². The van der Waals surface area contributed by atoms with Crippen molar-refractivity contribution < 1.29 is 17.6 Å². The molecule has 1 aromatic heterocycles. The summed E-state index contributed by atoms with van der Waals surface area (Å²) in [5, 5.41) is 2.96. The van der Waals surface area contributed by atoms with Gasteiger partial charge in [0.15, 0.2) is 21.0 Å². The number of hydrogen-bond donors (Lipinski definition) is 1. The van der Waals surface area contributed by atoms with E-state index in [1.54, 1.807) is 18.2 Å². The van der Waals surface area contributed by atoms with Crippen molar-refractivity contribution in [1.29, 1.82) is 0 Å². The molecule has 6 nitrogen and oxygen atoms in total. The number of carbonyl (C=O) groups is 1. The highest BCUT2D eigenvalue weighted by atomic mass is 79.9. The lowest BCUT2D eigenvalue weighted by atomic mass is 10.2. The highest BCUT2D eigenvalue weighted by molar-refractivity contribution is 9.10. The van der Waals surface area contributed by atoms with Crippen LogP contribution < -0.4 is 10.7 Å². The molecule has 8 heteroatoms. The van der Waals surface area contributed by atoms with E-state index in [4.69, 9.17) is 4.42 Å². The number of carbonyl (C=O) groups excluding carboxylic acids is 1. The van der Waals surface area contributed by atoms with E-state index in [1.807, 2.05) is 0 Å². The van der Waals surface area contributed by atoms with Gasteiger partial charge in [-0.2, -0.15) is 0 Å². The van der Waals surface area contributed by atoms with E-state index in [0.29, 0.717) is 17.4 Å². The van der Waals surface area contributed by atoms with Crippen LogP contribution in [0.3, 0.4) is 0 Å². The maximum absolute atomic E-state index is 12.1. The van der Waals surface area contributed by atoms with Gasteiger partial charge in [0, 0.05) is 16.6 Å². The van der Waals surface area contributed by atoms with Gasteiger partial charge in [0.05, 0.1) is 16.9 Å². The number of rotatable bonds is 2. The van der Waals surface area contributed by atoms with Crippen molar-refractivity contribution >= 4 is 42.6 Å². The Morgan fingerprint density at radius 2 is 2.09 bits per heavy atom. The highest BCUT2D eigenvalue weighted by Gasteiger charge is 2.29. The molecule has 1 atom stereocenters. The molecule has 3 rings (SSSR count). The third-order valence-corrected chi connectivity index (χ3v) is 5.74. The number of benzene rings is 1. The number of sulfone groups is 1. The first-order chi connectivity index (χ1) is 10.3. The molecule has 1 aliphatic rings. The molecule has 1 saturated heterocycles. The summed E-state index contributed by atoms with van der Waals surface area (Å²) in [7, 11) is -3.08. The molecule has 0 bridgehead atoms. The SMILES string of the molecule is O=C(NC1CCS(=O)(=O)C1)c1cc(=O)c2cc(Br)ccc2o1. The lowest BCUT2D eigenvalue weighted by molar-refractivity contribution is 0.0913. The summed E-state index contributed by atoms with van der Waals surface area (Å²) in [6.07, 6.45) is 0.374. The second-order valence-corrected chi connectivity index (χ2v) is 8.33. The largest absolute Gasteiger partial charge is 0.451 e. The average Bonchev–Trinajstić information content (AvgIpc) is 2.78.